The molecular formula is C19H25ClN4O2S. The summed E-state index contributed by atoms with van der Waals surface area (Å²) in [5.74, 6) is 2.38. The third kappa shape index (κ3) is 5.11. The summed E-state index contributed by atoms with van der Waals surface area (Å²) in [6.07, 6.45) is 1.94. The molecule has 1 amide bonds. The Morgan fingerprint density at radius 1 is 1.41 bits per heavy atom. The van der Waals surface area contributed by atoms with E-state index in [0.29, 0.717) is 25.3 Å². The molecule has 6 nitrogen and oxygen atoms in total. The molecule has 1 aromatic heterocycles. The highest BCUT2D eigenvalue weighted by Crippen LogP contribution is 2.23. The van der Waals surface area contributed by atoms with Gasteiger partial charge >= 0.3 is 0 Å². The van der Waals surface area contributed by atoms with Crippen molar-refractivity contribution < 1.29 is 9.53 Å². The Morgan fingerprint density at radius 3 is 3.00 bits per heavy atom. The van der Waals surface area contributed by atoms with Gasteiger partial charge in [-0.3, -0.25) is 4.79 Å². The molecule has 1 fully saturated rings. The number of amides is 1. The van der Waals surface area contributed by atoms with Gasteiger partial charge in [0, 0.05) is 55.9 Å². The van der Waals surface area contributed by atoms with Crippen molar-refractivity contribution in [1.29, 1.82) is 0 Å². The maximum Gasteiger partial charge on any atom is 0.222 e. The minimum atomic E-state index is 0.160. The van der Waals surface area contributed by atoms with Crippen LogP contribution >= 0.6 is 23.1 Å². The fourth-order valence-corrected chi connectivity index (χ4v) is 4.13. The Kier molecular flexibility index (Phi) is 6.90. The lowest BCUT2D eigenvalue weighted by molar-refractivity contribution is -0.133. The van der Waals surface area contributed by atoms with Gasteiger partial charge in [-0.1, -0.05) is 12.1 Å². The van der Waals surface area contributed by atoms with Crippen LogP contribution in [-0.2, 0) is 11.2 Å². The van der Waals surface area contributed by atoms with Gasteiger partial charge < -0.3 is 14.5 Å². The van der Waals surface area contributed by atoms with Crippen LogP contribution in [0.2, 0.25) is 0 Å². The van der Waals surface area contributed by atoms with Crippen LogP contribution in [0.15, 0.2) is 24.3 Å². The zero-order valence-electron chi connectivity index (χ0n) is 15.7. The molecule has 27 heavy (non-hydrogen) atoms. The monoisotopic (exact) mass is 408 g/mol. The van der Waals surface area contributed by atoms with Crippen molar-refractivity contribution in [1.82, 2.24) is 14.3 Å². The van der Waals surface area contributed by atoms with Crippen LogP contribution in [0.1, 0.15) is 31.2 Å². The molecule has 1 saturated heterocycles. The first-order chi connectivity index (χ1) is 13.1. The van der Waals surface area contributed by atoms with Crippen molar-refractivity contribution in [3.63, 3.8) is 0 Å². The van der Waals surface area contributed by atoms with Gasteiger partial charge in [-0.25, -0.2) is 4.98 Å². The van der Waals surface area contributed by atoms with Gasteiger partial charge in [0.2, 0.25) is 11.0 Å². The molecule has 1 aliphatic heterocycles. The summed E-state index contributed by atoms with van der Waals surface area (Å²) < 4.78 is 9.79. The number of methoxy groups -OCH3 is 1. The molecule has 0 radical (unpaired) electrons. The number of benzene rings is 1. The van der Waals surface area contributed by atoms with E-state index in [-0.39, 0.29) is 11.9 Å². The number of carbonyl (C=O) groups excluding carboxylic acids is 1. The fourth-order valence-electron chi connectivity index (χ4n) is 3.27. The molecule has 0 aliphatic carbocycles. The van der Waals surface area contributed by atoms with Gasteiger partial charge in [0.1, 0.15) is 11.6 Å². The van der Waals surface area contributed by atoms with Crippen molar-refractivity contribution in [2.75, 3.05) is 37.5 Å². The average Bonchev–Trinajstić information content (AvgIpc) is 3.14. The number of alkyl halides is 1. The number of carbonyl (C=O) groups is 1. The lowest BCUT2D eigenvalue weighted by Gasteiger charge is -2.39. The summed E-state index contributed by atoms with van der Waals surface area (Å²) in [7, 11) is 1.67. The second-order valence-electron chi connectivity index (χ2n) is 6.70. The van der Waals surface area contributed by atoms with E-state index in [4.69, 9.17) is 21.3 Å². The highest BCUT2D eigenvalue weighted by Gasteiger charge is 2.28. The van der Waals surface area contributed by atoms with Crippen molar-refractivity contribution in [3.05, 3.63) is 35.7 Å². The van der Waals surface area contributed by atoms with Crippen LogP contribution in [0.3, 0.4) is 0 Å². The highest BCUT2D eigenvalue weighted by atomic mass is 35.5. The van der Waals surface area contributed by atoms with Crippen molar-refractivity contribution in [3.8, 4) is 5.75 Å². The molecule has 0 saturated carbocycles. The SMILES string of the molecule is COc1cccc(Cc2nsc(N3CCN(C(=O)CCCCl)[C@H](C)C3)n2)c1. The lowest BCUT2D eigenvalue weighted by atomic mass is 10.1. The second kappa shape index (κ2) is 9.37. The number of rotatable bonds is 7. The van der Waals surface area contributed by atoms with Crippen molar-refractivity contribution >= 4 is 34.2 Å². The van der Waals surface area contributed by atoms with Crippen molar-refractivity contribution in [2.24, 2.45) is 0 Å². The molecular weight excluding hydrogens is 384 g/mol. The van der Waals surface area contributed by atoms with E-state index < -0.39 is 0 Å². The summed E-state index contributed by atoms with van der Waals surface area (Å²) in [6.45, 7) is 4.36. The van der Waals surface area contributed by atoms with E-state index in [1.807, 2.05) is 23.1 Å². The van der Waals surface area contributed by atoms with Gasteiger partial charge in [-0.2, -0.15) is 4.37 Å². The minimum Gasteiger partial charge on any atom is -0.497 e. The van der Waals surface area contributed by atoms with E-state index in [0.717, 1.165) is 41.8 Å². The highest BCUT2D eigenvalue weighted by molar-refractivity contribution is 7.09. The first-order valence-electron chi connectivity index (χ1n) is 9.16. The maximum atomic E-state index is 12.3. The molecule has 1 aliphatic rings. The fraction of sp³-hybridized carbons (Fsp3) is 0.526. The predicted octanol–water partition coefficient (Wildman–Crippen LogP) is 3.19. The number of aromatic nitrogens is 2. The number of halogens is 1. The van der Waals surface area contributed by atoms with Crippen LogP contribution in [0.4, 0.5) is 5.13 Å². The lowest BCUT2D eigenvalue weighted by Crippen LogP contribution is -2.54. The maximum absolute atomic E-state index is 12.3. The first kappa shape index (κ1) is 19.9. The molecule has 8 heteroatoms. The molecule has 0 bridgehead atoms. The second-order valence-corrected chi connectivity index (χ2v) is 7.80. The zero-order chi connectivity index (χ0) is 19.2. The zero-order valence-corrected chi connectivity index (χ0v) is 17.3. The number of hydrogen-bond donors (Lipinski definition) is 0. The summed E-state index contributed by atoms with van der Waals surface area (Å²) in [4.78, 5) is 21.2. The van der Waals surface area contributed by atoms with Gasteiger partial charge in [-0.05, 0) is 31.0 Å². The van der Waals surface area contributed by atoms with Gasteiger partial charge in [-0.15, -0.1) is 11.6 Å². The Bertz CT molecular complexity index is 770. The Morgan fingerprint density at radius 2 is 2.26 bits per heavy atom. The van der Waals surface area contributed by atoms with E-state index in [1.165, 1.54) is 11.5 Å². The third-order valence-corrected chi connectivity index (χ3v) is 5.78. The smallest absolute Gasteiger partial charge is 0.222 e. The topological polar surface area (TPSA) is 58.6 Å². The Labute approximate surface area is 169 Å². The van der Waals surface area contributed by atoms with E-state index in [2.05, 4.69) is 22.3 Å². The minimum absolute atomic E-state index is 0.160. The number of ether oxygens (including phenoxy) is 1. The van der Waals surface area contributed by atoms with Gasteiger partial charge in [0.15, 0.2) is 0 Å². The predicted molar refractivity (Wildman–Crippen MR) is 109 cm³/mol. The molecule has 1 atom stereocenters. The number of nitrogens with zero attached hydrogens (tertiary/aromatic N) is 4. The quantitative estimate of drug-likeness (QED) is 0.658. The van der Waals surface area contributed by atoms with E-state index in [1.54, 1.807) is 7.11 Å². The molecule has 1 aromatic carbocycles. The average molecular weight is 409 g/mol. The molecule has 0 spiro atoms. The van der Waals surface area contributed by atoms with Gasteiger partial charge in [0.05, 0.1) is 7.11 Å². The van der Waals surface area contributed by atoms with E-state index >= 15 is 0 Å². The number of piperazine rings is 1. The normalized spacial score (nSPS) is 17.2. The Balaban J connectivity index is 1.59. The first-order valence-corrected chi connectivity index (χ1v) is 10.5. The molecule has 0 unspecified atom stereocenters. The Hall–Kier alpha value is -1.86. The number of hydrogen-bond acceptors (Lipinski definition) is 6. The van der Waals surface area contributed by atoms with Crippen LogP contribution in [0.25, 0.3) is 0 Å². The van der Waals surface area contributed by atoms with Crippen LogP contribution in [0, 0.1) is 0 Å². The van der Waals surface area contributed by atoms with Gasteiger partial charge in [0.25, 0.3) is 0 Å². The summed E-state index contributed by atoms with van der Waals surface area (Å²) in [6, 6.07) is 8.12. The van der Waals surface area contributed by atoms with Crippen LogP contribution < -0.4 is 9.64 Å². The summed E-state index contributed by atoms with van der Waals surface area (Å²) >= 11 is 7.13. The molecule has 0 N–H and O–H groups in total. The number of anilines is 1. The van der Waals surface area contributed by atoms with E-state index in [9.17, 15) is 4.79 Å². The largest absolute Gasteiger partial charge is 0.497 e. The molecule has 146 valence electrons. The summed E-state index contributed by atoms with van der Waals surface area (Å²) in [5, 5.41) is 0.924. The van der Waals surface area contributed by atoms with Crippen LogP contribution in [-0.4, -0.2) is 58.8 Å². The molecule has 3 rings (SSSR count). The molecule has 2 aromatic rings. The standard InChI is InChI=1S/C19H25ClN4O2S/c1-14-13-23(9-10-24(14)18(25)7-4-8-20)19-21-17(22-27-19)12-15-5-3-6-16(11-15)26-2/h3,5-6,11,14H,4,7-10,12-13H2,1-2H3/t14-/m1/s1. The van der Waals surface area contributed by atoms with Crippen LogP contribution in [0.5, 0.6) is 5.75 Å². The third-order valence-electron chi connectivity index (χ3n) is 4.70. The molecule has 2 heterocycles. The summed E-state index contributed by atoms with van der Waals surface area (Å²) in [5.41, 5.74) is 1.13. The van der Waals surface area contributed by atoms with Crippen molar-refractivity contribution in [2.45, 2.75) is 32.2 Å².